The molecule has 0 bridgehead atoms. The molecule has 8 nitrogen and oxygen atoms in total. The summed E-state index contributed by atoms with van der Waals surface area (Å²) in [5.41, 5.74) is 3.02. The number of nitrogens with zero attached hydrogens (tertiary/aromatic N) is 2. The Morgan fingerprint density at radius 3 is 1.46 bits per heavy atom. The quantitative estimate of drug-likeness (QED) is 0.0448. The molecule has 2 atom stereocenters. The van der Waals surface area contributed by atoms with Gasteiger partial charge in [-0.1, -0.05) is 187 Å². The first-order chi connectivity index (χ1) is 28.0. The third-order valence-electron chi connectivity index (χ3n) is 10.2. The summed E-state index contributed by atoms with van der Waals surface area (Å²) in [5, 5.41) is 15.8. The normalized spacial score (nSPS) is 15.5. The average Bonchev–Trinajstić information content (AvgIpc) is 3.75. The molecule has 2 heterocycles. The summed E-state index contributed by atoms with van der Waals surface area (Å²) in [6.07, 6.45) is 0. The van der Waals surface area contributed by atoms with Crippen LogP contribution in [0.3, 0.4) is 0 Å². The number of aromatic nitrogens is 1. The van der Waals surface area contributed by atoms with Gasteiger partial charge in [0.05, 0.1) is 6.04 Å². The van der Waals surface area contributed by atoms with Gasteiger partial charge >= 0.3 is 0 Å². The number of carbonyl (C=O) groups is 2. The fraction of sp³-hybridized carbons (Fsp3) is 0.106. The van der Waals surface area contributed by atoms with E-state index in [2.05, 4.69) is 57.5 Å². The third kappa shape index (κ3) is 7.18. The van der Waals surface area contributed by atoms with E-state index in [1.807, 2.05) is 146 Å². The van der Waals surface area contributed by atoms with Crippen molar-refractivity contribution >= 4 is 34.0 Å². The summed E-state index contributed by atoms with van der Waals surface area (Å²) in [5.74, 6) is -1.23. The van der Waals surface area contributed by atoms with Gasteiger partial charge in [0.15, 0.2) is 10.8 Å². The second-order valence-electron chi connectivity index (χ2n) is 13.5. The molecule has 0 radical (unpaired) electrons. The van der Waals surface area contributed by atoms with Crippen LogP contribution in [-0.2, 0) is 25.6 Å². The lowest BCUT2D eigenvalue weighted by atomic mass is 9.77. The highest BCUT2D eigenvalue weighted by Crippen LogP contribution is 2.42. The van der Waals surface area contributed by atoms with E-state index < -0.39 is 41.7 Å². The standard InChI is InChI=1S/C47H38FN5O3S/c48-31-39-41(43(54)49-39)51-44(55)42(53-56-47(36-25-13-4-14-26-36,37-27-15-5-16-28-37)38-29-17-6-18-30-38)40-32-57-45(50-40)52-46(33-19-7-1-8-20-33,34-21-9-2-10-22-34)35-23-11-3-12-24-35/h1-30,32,39,41H,31H2,(H,49,54)(H,50,52)(H,51,55). The van der Waals surface area contributed by atoms with Gasteiger partial charge < -0.3 is 20.8 Å². The highest BCUT2D eigenvalue weighted by Gasteiger charge is 2.43. The van der Waals surface area contributed by atoms with Crippen LogP contribution < -0.4 is 16.0 Å². The predicted molar refractivity (Wildman–Crippen MR) is 222 cm³/mol. The number of thiazole rings is 1. The first kappa shape index (κ1) is 37.0. The second-order valence-corrected chi connectivity index (χ2v) is 14.4. The molecule has 0 aliphatic carbocycles. The van der Waals surface area contributed by atoms with Crippen molar-refractivity contribution in [2.24, 2.45) is 5.16 Å². The molecular weight excluding hydrogens is 734 g/mol. The van der Waals surface area contributed by atoms with Crippen LogP contribution in [0, 0.1) is 0 Å². The number of anilines is 1. The van der Waals surface area contributed by atoms with Crippen molar-refractivity contribution in [2.75, 3.05) is 12.0 Å². The monoisotopic (exact) mass is 771 g/mol. The van der Waals surface area contributed by atoms with Crippen LogP contribution in [0.25, 0.3) is 0 Å². The first-order valence-corrected chi connectivity index (χ1v) is 19.4. The smallest absolute Gasteiger partial charge is 0.276 e. The lowest BCUT2D eigenvalue weighted by Gasteiger charge is -2.36. The van der Waals surface area contributed by atoms with Crippen LogP contribution in [0.4, 0.5) is 9.52 Å². The molecule has 282 valence electrons. The molecule has 0 spiro atoms. The topological polar surface area (TPSA) is 105 Å². The first-order valence-electron chi connectivity index (χ1n) is 18.5. The van der Waals surface area contributed by atoms with Gasteiger partial charge in [-0.2, -0.15) is 0 Å². The van der Waals surface area contributed by atoms with Crippen LogP contribution >= 0.6 is 11.3 Å². The summed E-state index contributed by atoms with van der Waals surface area (Å²) >= 11 is 1.29. The number of hydrogen-bond donors (Lipinski definition) is 3. The highest BCUT2D eigenvalue weighted by atomic mass is 32.1. The summed E-state index contributed by atoms with van der Waals surface area (Å²) in [7, 11) is 0. The van der Waals surface area contributed by atoms with E-state index in [0.29, 0.717) is 5.13 Å². The number of rotatable bonds is 14. The zero-order valence-corrected chi connectivity index (χ0v) is 31.5. The number of hydrogen-bond acceptors (Lipinski definition) is 7. The molecule has 1 saturated heterocycles. The van der Waals surface area contributed by atoms with Crippen molar-refractivity contribution in [3.05, 3.63) is 226 Å². The van der Waals surface area contributed by atoms with Crippen molar-refractivity contribution in [2.45, 2.75) is 23.2 Å². The minimum absolute atomic E-state index is 0.187. The number of amides is 2. The Labute approximate surface area is 334 Å². The maximum absolute atomic E-state index is 14.4. The molecule has 0 saturated carbocycles. The number of alkyl halides is 1. The fourth-order valence-corrected chi connectivity index (χ4v) is 8.07. The van der Waals surface area contributed by atoms with Crippen LogP contribution in [0.15, 0.2) is 193 Å². The Hall–Kier alpha value is -6.91. The number of carbonyl (C=O) groups excluding carboxylic acids is 2. The van der Waals surface area contributed by atoms with Gasteiger partial charge in [0.25, 0.3) is 5.91 Å². The Morgan fingerprint density at radius 1 is 0.667 bits per heavy atom. The number of benzene rings is 6. The summed E-state index contributed by atoms with van der Waals surface area (Å²) < 4.78 is 13.8. The van der Waals surface area contributed by atoms with Crippen molar-refractivity contribution in [1.29, 1.82) is 0 Å². The van der Waals surface area contributed by atoms with E-state index in [-0.39, 0.29) is 11.4 Å². The predicted octanol–water partition coefficient (Wildman–Crippen LogP) is 8.21. The molecule has 57 heavy (non-hydrogen) atoms. The zero-order valence-electron chi connectivity index (χ0n) is 30.7. The molecule has 6 aromatic carbocycles. The summed E-state index contributed by atoms with van der Waals surface area (Å²) in [6.45, 7) is -0.843. The molecule has 2 amide bonds. The van der Waals surface area contributed by atoms with Crippen molar-refractivity contribution in [1.82, 2.24) is 15.6 Å². The van der Waals surface area contributed by atoms with Gasteiger partial charge in [0.1, 0.15) is 23.9 Å². The minimum atomic E-state index is -1.31. The third-order valence-corrected chi connectivity index (χ3v) is 10.9. The Bertz CT molecular complexity index is 2260. The lowest BCUT2D eigenvalue weighted by Crippen LogP contribution is -2.70. The van der Waals surface area contributed by atoms with Gasteiger partial charge in [-0.3, -0.25) is 9.59 Å². The van der Waals surface area contributed by atoms with Crippen LogP contribution in [-0.4, -0.2) is 41.3 Å². The number of nitrogens with one attached hydrogen (secondary N) is 3. The number of β-lactam (4-membered cyclic amide) rings is 1. The SMILES string of the molecule is O=C(NC1C(=O)NC1CF)C(=NOC(c1ccccc1)(c1ccccc1)c1ccccc1)c1csc(NC(c2ccccc2)(c2ccccc2)c2ccccc2)n1. The molecule has 7 aromatic rings. The highest BCUT2D eigenvalue weighted by molar-refractivity contribution is 7.14. The molecule has 1 aliphatic heterocycles. The van der Waals surface area contributed by atoms with Crippen LogP contribution in [0.2, 0.25) is 0 Å². The minimum Gasteiger partial charge on any atom is -0.374 e. The van der Waals surface area contributed by atoms with E-state index in [1.54, 1.807) is 5.38 Å². The molecule has 10 heteroatoms. The molecular formula is C47H38FN5O3S. The fourth-order valence-electron chi connectivity index (χ4n) is 7.32. The van der Waals surface area contributed by atoms with Crippen molar-refractivity contribution in [3.63, 3.8) is 0 Å². The Balaban J connectivity index is 1.27. The second kappa shape index (κ2) is 16.4. The van der Waals surface area contributed by atoms with Gasteiger partial charge in [-0.15, -0.1) is 11.3 Å². The van der Waals surface area contributed by atoms with E-state index >= 15 is 0 Å². The summed E-state index contributed by atoms with van der Waals surface area (Å²) in [4.78, 5) is 38.6. The zero-order chi connectivity index (χ0) is 39.1. The van der Waals surface area contributed by atoms with Crippen molar-refractivity contribution in [3.8, 4) is 0 Å². The van der Waals surface area contributed by atoms with E-state index in [0.717, 1.165) is 33.4 Å². The summed E-state index contributed by atoms with van der Waals surface area (Å²) in [6, 6.07) is 57.3. The van der Waals surface area contributed by atoms with Crippen LogP contribution in [0.1, 0.15) is 39.1 Å². The van der Waals surface area contributed by atoms with Gasteiger partial charge in [0, 0.05) is 22.1 Å². The molecule has 1 aromatic heterocycles. The molecule has 3 N–H and O–H groups in total. The van der Waals surface area contributed by atoms with Crippen molar-refractivity contribution < 1.29 is 18.8 Å². The molecule has 8 rings (SSSR count). The van der Waals surface area contributed by atoms with Gasteiger partial charge in [0.2, 0.25) is 11.5 Å². The maximum atomic E-state index is 14.4. The lowest BCUT2D eigenvalue weighted by molar-refractivity contribution is -0.135. The number of oxime groups is 1. The molecule has 2 unspecified atom stereocenters. The van der Waals surface area contributed by atoms with Gasteiger partial charge in [-0.25, -0.2) is 9.37 Å². The molecule has 1 fully saturated rings. The van der Waals surface area contributed by atoms with Crippen LogP contribution in [0.5, 0.6) is 0 Å². The van der Waals surface area contributed by atoms with Gasteiger partial charge in [-0.05, 0) is 16.7 Å². The average molecular weight is 772 g/mol. The largest absolute Gasteiger partial charge is 0.374 e. The van der Waals surface area contributed by atoms with E-state index in [4.69, 9.17) is 9.82 Å². The Kier molecular flexibility index (Phi) is 10.7. The molecule has 1 aliphatic rings. The maximum Gasteiger partial charge on any atom is 0.276 e. The van der Waals surface area contributed by atoms with E-state index in [1.165, 1.54) is 11.3 Å². The number of halogens is 1. The Morgan fingerprint density at radius 2 is 1.07 bits per heavy atom. The van der Waals surface area contributed by atoms with E-state index in [9.17, 15) is 14.0 Å².